The molecule has 8 nitrogen and oxygen atoms in total. The van der Waals surface area contributed by atoms with E-state index in [1.165, 1.54) is 0 Å². The van der Waals surface area contributed by atoms with Crippen LogP contribution in [0.5, 0.6) is 5.75 Å². The minimum absolute atomic E-state index is 0.00431. The SMILES string of the molecule is Cc1cccc(OCC(=O)NC(=S)NNC(=O)CCC(=O)Nc2cc(C)ccc2C)c1. The van der Waals surface area contributed by atoms with E-state index >= 15 is 0 Å². The third kappa shape index (κ3) is 8.83. The molecule has 164 valence electrons. The molecule has 0 radical (unpaired) electrons. The molecule has 2 aromatic rings. The maximum absolute atomic E-state index is 12.1. The lowest BCUT2D eigenvalue weighted by molar-refractivity contribution is -0.125. The van der Waals surface area contributed by atoms with E-state index in [-0.39, 0.29) is 30.5 Å². The van der Waals surface area contributed by atoms with Crippen molar-refractivity contribution >= 4 is 40.7 Å². The van der Waals surface area contributed by atoms with Crippen molar-refractivity contribution in [3.63, 3.8) is 0 Å². The van der Waals surface area contributed by atoms with Crippen LogP contribution in [0.2, 0.25) is 0 Å². The van der Waals surface area contributed by atoms with Gasteiger partial charge in [-0.2, -0.15) is 0 Å². The molecule has 0 aliphatic rings. The zero-order chi connectivity index (χ0) is 22.8. The lowest BCUT2D eigenvalue weighted by atomic mass is 10.1. The molecule has 2 rings (SSSR count). The summed E-state index contributed by atoms with van der Waals surface area (Å²) in [7, 11) is 0. The number of hydrogen-bond donors (Lipinski definition) is 4. The Bertz CT molecular complexity index is 978. The predicted molar refractivity (Wildman–Crippen MR) is 122 cm³/mol. The average Bonchev–Trinajstić information content (AvgIpc) is 2.72. The summed E-state index contributed by atoms with van der Waals surface area (Å²) < 4.78 is 5.37. The Morgan fingerprint density at radius 3 is 2.32 bits per heavy atom. The molecule has 3 amide bonds. The number of rotatable bonds is 7. The maximum Gasteiger partial charge on any atom is 0.264 e. The molecule has 0 unspecified atom stereocenters. The quantitative estimate of drug-likeness (QED) is 0.387. The molecule has 0 heterocycles. The fourth-order valence-corrected chi connectivity index (χ4v) is 2.71. The molecule has 0 aromatic heterocycles. The number of hydrazine groups is 1. The van der Waals surface area contributed by atoms with Gasteiger partial charge in [-0.3, -0.25) is 30.6 Å². The highest BCUT2D eigenvalue weighted by Gasteiger charge is 2.10. The van der Waals surface area contributed by atoms with Crippen molar-refractivity contribution in [3.05, 3.63) is 59.2 Å². The van der Waals surface area contributed by atoms with Gasteiger partial charge in [0.05, 0.1) is 0 Å². The van der Waals surface area contributed by atoms with Gasteiger partial charge >= 0.3 is 0 Å². The van der Waals surface area contributed by atoms with Crippen LogP contribution in [0.15, 0.2) is 42.5 Å². The Balaban J connectivity index is 1.64. The number of anilines is 1. The molecule has 0 atom stereocenters. The maximum atomic E-state index is 12.1. The van der Waals surface area contributed by atoms with Crippen molar-refractivity contribution in [3.8, 4) is 5.75 Å². The van der Waals surface area contributed by atoms with Gasteiger partial charge in [-0.1, -0.05) is 24.3 Å². The van der Waals surface area contributed by atoms with Crippen LogP contribution in [0, 0.1) is 20.8 Å². The summed E-state index contributed by atoms with van der Waals surface area (Å²) in [5, 5.41) is 5.11. The number of nitrogens with one attached hydrogen (secondary N) is 4. The van der Waals surface area contributed by atoms with Gasteiger partial charge in [-0.25, -0.2) is 0 Å². The fourth-order valence-electron chi connectivity index (χ4n) is 2.55. The molecule has 0 aliphatic heterocycles. The molecule has 0 bridgehead atoms. The fraction of sp³-hybridized carbons (Fsp3) is 0.273. The molecule has 2 aromatic carbocycles. The number of benzene rings is 2. The number of carbonyl (C=O) groups excluding carboxylic acids is 3. The molecule has 9 heteroatoms. The van der Waals surface area contributed by atoms with Gasteiger partial charge in [0.1, 0.15) is 5.75 Å². The Labute approximate surface area is 186 Å². The topological polar surface area (TPSA) is 109 Å². The third-order valence-corrected chi connectivity index (χ3v) is 4.38. The second-order valence-corrected chi connectivity index (χ2v) is 7.43. The average molecular weight is 443 g/mol. The van der Waals surface area contributed by atoms with Gasteiger partial charge in [0.25, 0.3) is 5.91 Å². The number of ether oxygens (including phenoxy) is 1. The van der Waals surface area contributed by atoms with E-state index in [0.29, 0.717) is 5.75 Å². The first-order valence-electron chi connectivity index (χ1n) is 9.68. The van der Waals surface area contributed by atoms with E-state index in [1.807, 2.05) is 51.1 Å². The first-order valence-corrected chi connectivity index (χ1v) is 10.1. The lowest BCUT2D eigenvalue weighted by Gasteiger charge is -2.12. The monoisotopic (exact) mass is 442 g/mol. The van der Waals surface area contributed by atoms with Crippen LogP contribution in [-0.2, 0) is 14.4 Å². The zero-order valence-corrected chi connectivity index (χ0v) is 18.5. The van der Waals surface area contributed by atoms with E-state index in [0.717, 1.165) is 22.4 Å². The molecule has 0 saturated heterocycles. The van der Waals surface area contributed by atoms with Crippen LogP contribution in [0.1, 0.15) is 29.5 Å². The lowest BCUT2D eigenvalue weighted by Crippen LogP contribution is -2.49. The van der Waals surface area contributed by atoms with Gasteiger partial charge in [0, 0.05) is 18.5 Å². The van der Waals surface area contributed by atoms with E-state index in [1.54, 1.807) is 12.1 Å². The Morgan fingerprint density at radius 1 is 0.871 bits per heavy atom. The second-order valence-electron chi connectivity index (χ2n) is 7.02. The van der Waals surface area contributed by atoms with Crippen molar-refractivity contribution in [2.45, 2.75) is 33.6 Å². The smallest absolute Gasteiger partial charge is 0.264 e. The summed E-state index contributed by atoms with van der Waals surface area (Å²) >= 11 is 4.96. The van der Waals surface area contributed by atoms with Crippen LogP contribution in [0.3, 0.4) is 0 Å². The Morgan fingerprint density at radius 2 is 1.58 bits per heavy atom. The van der Waals surface area contributed by atoms with Crippen molar-refractivity contribution < 1.29 is 19.1 Å². The second kappa shape index (κ2) is 11.7. The van der Waals surface area contributed by atoms with Crippen LogP contribution in [0.4, 0.5) is 5.69 Å². The minimum atomic E-state index is -0.471. The minimum Gasteiger partial charge on any atom is -0.484 e. The summed E-state index contributed by atoms with van der Waals surface area (Å²) in [5.74, 6) is -0.612. The van der Waals surface area contributed by atoms with Gasteiger partial charge < -0.3 is 10.1 Å². The highest BCUT2D eigenvalue weighted by atomic mass is 32.1. The first kappa shape index (κ1) is 23.8. The number of carbonyl (C=O) groups is 3. The summed E-state index contributed by atoms with van der Waals surface area (Å²) in [5.41, 5.74) is 8.48. The summed E-state index contributed by atoms with van der Waals surface area (Å²) in [6.45, 7) is 5.52. The summed E-state index contributed by atoms with van der Waals surface area (Å²) in [4.78, 5) is 35.8. The number of hydrogen-bond acceptors (Lipinski definition) is 5. The van der Waals surface area contributed by atoms with E-state index in [9.17, 15) is 14.4 Å². The molecular weight excluding hydrogens is 416 g/mol. The Hall–Kier alpha value is -3.46. The summed E-state index contributed by atoms with van der Waals surface area (Å²) in [6, 6.07) is 13.0. The van der Waals surface area contributed by atoms with Crippen LogP contribution in [-0.4, -0.2) is 29.4 Å². The van der Waals surface area contributed by atoms with Crippen LogP contribution >= 0.6 is 12.2 Å². The molecule has 0 fully saturated rings. The van der Waals surface area contributed by atoms with Crippen molar-refractivity contribution in [1.82, 2.24) is 16.2 Å². The zero-order valence-electron chi connectivity index (χ0n) is 17.7. The molecule has 4 N–H and O–H groups in total. The van der Waals surface area contributed by atoms with E-state index in [4.69, 9.17) is 17.0 Å². The molecule has 0 aliphatic carbocycles. The first-order chi connectivity index (χ1) is 14.7. The van der Waals surface area contributed by atoms with Crippen molar-refractivity contribution in [2.24, 2.45) is 0 Å². The van der Waals surface area contributed by atoms with Crippen molar-refractivity contribution in [2.75, 3.05) is 11.9 Å². The number of aryl methyl sites for hydroxylation is 3. The molecule has 0 spiro atoms. The van der Waals surface area contributed by atoms with Crippen LogP contribution in [0.25, 0.3) is 0 Å². The predicted octanol–water partition coefficient (Wildman–Crippen LogP) is 2.43. The number of thiocarbonyl (C=S) groups is 1. The molecular formula is C22H26N4O4S. The normalized spacial score (nSPS) is 10.0. The molecule has 31 heavy (non-hydrogen) atoms. The third-order valence-electron chi connectivity index (χ3n) is 4.17. The van der Waals surface area contributed by atoms with Gasteiger partial charge in [0.15, 0.2) is 11.7 Å². The highest BCUT2D eigenvalue weighted by Crippen LogP contribution is 2.16. The standard InChI is InChI=1S/C22H26N4O4S/c1-14-5-4-6-17(11-14)30-13-21(29)24-22(31)26-25-20(28)10-9-19(27)23-18-12-15(2)7-8-16(18)3/h4-8,11-12H,9-10,13H2,1-3H3,(H,23,27)(H,25,28)(H2,24,26,29,31). The number of amides is 3. The highest BCUT2D eigenvalue weighted by molar-refractivity contribution is 7.80. The van der Waals surface area contributed by atoms with Gasteiger partial charge in [-0.15, -0.1) is 0 Å². The van der Waals surface area contributed by atoms with E-state index in [2.05, 4.69) is 21.5 Å². The van der Waals surface area contributed by atoms with Crippen LogP contribution < -0.4 is 26.2 Å². The Kier molecular flexibility index (Phi) is 8.95. The molecule has 0 saturated carbocycles. The van der Waals surface area contributed by atoms with Gasteiger partial charge in [-0.05, 0) is 67.9 Å². The summed E-state index contributed by atoms with van der Waals surface area (Å²) in [6.07, 6.45) is -0.0406. The van der Waals surface area contributed by atoms with Crippen molar-refractivity contribution in [1.29, 1.82) is 0 Å². The van der Waals surface area contributed by atoms with Gasteiger partial charge in [0.2, 0.25) is 11.8 Å². The van der Waals surface area contributed by atoms with E-state index < -0.39 is 11.8 Å². The largest absolute Gasteiger partial charge is 0.484 e.